The van der Waals surface area contributed by atoms with Crippen molar-refractivity contribution < 1.29 is 20.1 Å². The molecule has 0 bridgehead atoms. The molecule has 0 radical (unpaired) electrons. The first-order valence-electron chi connectivity index (χ1n) is 6.24. The Morgan fingerprint density at radius 3 is 1.80 bits per heavy atom. The van der Waals surface area contributed by atoms with Crippen LogP contribution in [-0.4, -0.2) is 20.1 Å². The maximum atomic E-state index is 11.0. The molecule has 2 aromatic rings. The van der Waals surface area contributed by atoms with Crippen LogP contribution in [0, 0.1) is 20.2 Å². The lowest BCUT2D eigenvalue weighted by atomic mass is 10.0. The van der Waals surface area contributed by atoms with E-state index in [2.05, 4.69) is 0 Å². The van der Waals surface area contributed by atoms with Gasteiger partial charge in [0.25, 0.3) is 5.69 Å². The SMILES string of the molecule is O=[N+]([O-])c1cc(Cl)c(Cl)c(Cc2c(O)c(Cl)cc([N+](=O)[O-])c2Cl)c1O. The Morgan fingerprint density at radius 1 is 0.800 bits per heavy atom. The highest BCUT2D eigenvalue weighted by Gasteiger charge is 2.28. The lowest BCUT2D eigenvalue weighted by molar-refractivity contribution is -0.385. The van der Waals surface area contributed by atoms with Crippen LogP contribution in [0.5, 0.6) is 11.5 Å². The van der Waals surface area contributed by atoms with Crippen LogP contribution in [-0.2, 0) is 6.42 Å². The van der Waals surface area contributed by atoms with Gasteiger partial charge in [0.05, 0.1) is 24.9 Å². The Morgan fingerprint density at radius 2 is 1.28 bits per heavy atom. The predicted molar refractivity (Wildman–Crippen MR) is 92.4 cm³/mol. The van der Waals surface area contributed by atoms with Crippen LogP contribution >= 0.6 is 46.4 Å². The molecule has 2 aromatic carbocycles. The molecule has 2 N–H and O–H groups in total. The van der Waals surface area contributed by atoms with Crippen LogP contribution in [0.2, 0.25) is 20.1 Å². The summed E-state index contributed by atoms with van der Waals surface area (Å²) in [6.45, 7) is 0. The van der Waals surface area contributed by atoms with Crippen LogP contribution in [0.25, 0.3) is 0 Å². The summed E-state index contributed by atoms with van der Waals surface area (Å²) in [6.07, 6.45) is -0.488. The lowest BCUT2D eigenvalue weighted by Gasteiger charge is -2.12. The average molecular weight is 428 g/mol. The molecule has 0 aliphatic carbocycles. The minimum absolute atomic E-state index is 0.228. The molecule has 25 heavy (non-hydrogen) atoms. The summed E-state index contributed by atoms with van der Waals surface area (Å²) in [5, 5.41) is 40.8. The van der Waals surface area contributed by atoms with Crippen molar-refractivity contribution >= 4 is 57.8 Å². The highest BCUT2D eigenvalue weighted by Crippen LogP contribution is 2.45. The third-order valence-corrected chi connectivity index (χ3v) is 4.82. The molecule has 0 unspecified atom stereocenters. The van der Waals surface area contributed by atoms with Crippen LogP contribution in [0.15, 0.2) is 12.1 Å². The molecule has 2 rings (SSSR count). The number of rotatable bonds is 4. The van der Waals surface area contributed by atoms with Crippen molar-refractivity contribution in [3.05, 3.63) is 63.6 Å². The van der Waals surface area contributed by atoms with E-state index in [9.17, 15) is 30.4 Å². The van der Waals surface area contributed by atoms with Crippen LogP contribution in [0.3, 0.4) is 0 Å². The van der Waals surface area contributed by atoms with Gasteiger partial charge in [-0.25, -0.2) is 0 Å². The van der Waals surface area contributed by atoms with E-state index < -0.39 is 44.2 Å². The normalized spacial score (nSPS) is 10.7. The number of hydrogen-bond acceptors (Lipinski definition) is 6. The van der Waals surface area contributed by atoms with E-state index in [-0.39, 0.29) is 26.2 Å². The molecule has 0 saturated carbocycles. The van der Waals surface area contributed by atoms with E-state index in [1.807, 2.05) is 0 Å². The van der Waals surface area contributed by atoms with Gasteiger partial charge in [0.1, 0.15) is 10.8 Å². The Hall–Kier alpha value is -2.00. The Kier molecular flexibility index (Phi) is 5.48. The third-order valence-electron chi connectivity index (χ3n) is 3.28. The molecule has 0 spiro atoms. The van der Waals surface area contributed by atoms with E-state index in [1.165, 1.54) is 0 Å². The molecular weight excluding hydrogens is 422 g/mol. The zero-order valence-electron chi connectivity index (χ0n) is 11.8. The molecule has 0 aromatic heterocycles. The molecular formula is C13H6Cl4N2O6. The molecule has 0 fully saturated rings. The number of halogens is 4. The van der Waals surface area contributed by atoms with E-state index in [1.54, 1.807) is 0 Å². The summed E-state index contributed by atoms with van der Waals surface area (Å²) in [4.78, 5) is 20.3. The second-order valence-electron chi connectivity index (χ2n) is 4.73. The van der Waals surface area contributed by atoms with E-state index in [0.717, 1.165) is 12.1 Å². The molecule has 12 heteroatoms. The highest BCUT2D eigenvalue weighted by molar-refractivity contribution is 6.43. The minimum Gasteiger partial charge on any atom is -0.506 e. The molecule has 8 nitrogen and oxygen atoms in total. The van der Waals surface area contributed by atoms with E-state index in [4.69, 9.17) is 46.4 Å². The number of hydrogen-bond donors (Lipinski definition) is 2. The van der Waals surface area contributed by atoms with Gasteiger partial charge in [-0.3, -0.25) is 20.2 Å². The fourth-order valence-corrected chi connectivity index (χ4v) is 3.01. The number of aromatic hydroxyl groups is 2. The molecule has 0 aliphatic rings. The van der Waals surface area contributed by atoms with E-state index in [0.29, 0.717) is 0 Å². The van der Waals surface area contributed by atoms with Crippen molar-refractivity contribution in [1.82, 2.24) is 0 Å². The second-order valence-corrected chi connectivity index (χ2v) is 6.30. The number of nitro groups is 2. The van der Waals surface area contributed by atoms with Crippen molar-refractivity contribution in [2.24, 2.45) is 0 Å². The summed E-state index contributed by atoms with van der Waals surface area (Å²) < 4.78 is 0. The maximum absolute atomic E-state index is 11.0. The fourth-order valence-electron chi connectivity index (χ4n) is 2.08. The van der Waals surface area contributed by atoms with Crippen molar-refractivity contribution in [2.75, 3.05) is 0 Å². The van der Waals surface area contributed by atoms with Gasteiger partial charge in [-0.15, -0.1) is 0 Å². The van der Waals surface area contributed by atoms with Gasteiger partial charge in [0, 0.05) is 29.7 Å². The first kappa shape index (κ1) is 19.3. The second kappa shape index (κ2) is 7.09. The zero-order valence-corrected chi connectivity index (χ0v) is 14.8. The summed E-state index contributed by atoms with van der Waals surface area (Å²) >= 11 is 23.5. The standard InChI is InChI=1S/C13H6Cl4N2O6/c14-6-2-9(19(24)25)13(21)4(10(6)16)1-5-11(17)8(18(22)23)3-7(15)12(5)20/h2-3,20-21H,1H2. The average Bonchev–Trinajstić information content (AvgIpc) is 2.53. The van der Waals surface area contributed by atoms with Gasteiger partial charge in [0.15, 0.2) is 5.75 Å². The molecule has 132 valence electrons. The van der Waals surface area contributed by atoms with Crippen molar-refractivity contribution in [2.45, 2.75) is 6.42 Å². The van der Waals surface area contributed by atoms with Crippen molar-refractivity contribution in [1.29, 1.82) is 0 Å². The fraction of sp³-hybridized carbons (Fsp3) is 0.0769. The summed E-state index contributed by atoms with van der Waals surface area (Å²) in [5.41, 5.74) is -1.80. The van der Waals surface area contributed by atoms with E-state index >= 15 is 0 Å². The highest BCUT2D eigenvalue weighted by atomic mass is 35.5. The lowest BCUT2D eigenvalue weighted by Crippen LogP contribution is -1.99. The number of nitrogens with zero attached hydrogens (tertiary/aromatic N) is 2. The summed E-state index contributed by atoms with van der Waals surface area (Å²) in [5.74, 6) is -1.40. The van der Waals surface area contributed by atoms with Crippen LogP contribution in [0.1, 0.15) is 11.1 Å². The summed E-state index contributed by atoms with van der Waals surface area (Å²) in [7, 11) is 0. The number of benzene rings is 2. The molecule has 0 atom stereocenters. The van der Waals surface area contributed by atoms with Crippen LogP contribution < -0.4 is 0 Å². The quantitative estimate of drug-likeness (QED) is 0.514. The monoisotopic (exact) mass is 426 g/mol. The largest absolute Gasteiger partial charge is 0.506 e. The third kappa shape index (κ3) is 3.52. The van der Waals surface area contributed by atoms with Crippen molar-refractivity contribution in [3.63, 3.8) is 0 Å². The van der Waals surface area contributed by atoms with Crippen LogP contribution in [0.4, 0.5) is 11.4 Å². The van der Waals surface area contributed by atoms with Gasteiger partial charge >= 0.3 is 5.69 Å². The van der Waals surface area contributed by atoms with Gasteiger partial charge in [0.2, 0.25) is 0 Å². The number of phenolic OH excluding ortho intramolecular Hbond substituents is 2. The minimum atomic E-state index is -0.886. The Balaban J connectivity index is 2.73. The Labute approximate surface area is 159 Å². The van der Waals surface area contributed by atoms with Gasteiger partial charge in [-0.2, -0.15) is 0 Å². The molecule has 0 aliphatic heterocycles. The predicted octanol–water partition coefficient (Wildman–Crippen LogP) is 5.12. The maximum Gasteiger partial charge on any atom is 0.312 e. The molecule has 0 amide bonds. The smallest absolute Gasteiger partial charge is 0.312 e. The first-order chi connectivity index (χ1) is 11.6. The molecule has 0 saturated heterocycles. The molecule has 0 heterocycles. The topological polar surface area (TPSA) is 127 Å². The Bertz CT molecular complexity index is 845. The first-order valence-corrected chi connectivity index (χ1v) is 7.75. The number of phenols is 2. The summed E-state index contributed by atoms with van der Waals surface area (Å²) in [6, 6.07) is 1.70. The zero-order chi connectivity index (χ0) is 19.0. The van der Waals surface area contributed by atoms with Gasteiger partial charge in [-0.05, 0) is 0 Å². The van der Waals surface area contributed by atoms with Crippen molar-refractivity contribution in [3.8, 4) is 11.5 Å². The number of nitro benzene ring substituents is 2. The van der Waals surface area contributed by atoms with Gasteiger partial charge < -0.3 is 10.2 Å². The van der Waals surface area contributed by atoms with Gasteiger partial charge in [-0.1, -0.05) is 46.4 Å².